The number of aromatic nitrogens is 1. The highest BCUT2D eigenvalue weighted by Gasteiger charge is 2.18. The lowest BCUT2D eigenvalue weighted by atomic mass is 10.2. The standard InChI is InChI=1S/C8H7ClF2N2O2/c9-6-4(12)1-3(2-5(14)15)13-7(6)8(10)11/h1,8H,2H2,(H2,12,13)(H,14,15). The van der Waals surface area contributed by atoms with Crippen molar-refractivity contribution in [2.24, 2.45) is 0 Å². The smallest absolute Gasteiger partial charge is 0.309 e. The molecule has 0 atom stereocenters. The number of nitrogens with zero attached hydrogens (tertiary/aromatic N) is 1. The molecule has 0 aliphatic rings. The van der Waals surface area contributed by atoms with Gasteiger partial charge in [-0.25, -0.2) is 13.8 Å². The van der Waals surface area contributed by atoms with Crippen LogP contribution < -0.4 is 5.73 Å². The van der Waals surface area contributed by atoms with Crippen molar-refractivity contribution in [2.45, 2.75) is 12.8 Å². The van der Waals surface area contributed by atoms with E-state index in [2.05, 4.69) is 4.98 Å². The number of pyridine rings is 1. The Bertz CT molecular complexity index is 398. The zero-order valence-corrected chi connectivity index (χ0v) is 8.13. The highest BCUT2D eigenvalue weighted by Crippen LogP contribution is 2.30. The first-order valence-corrected chi connectivity index (χ1v) is 4.24. The second-order valence-corrected chi connectivity index (χ2v) is 3.15. The maximum atomic E-state index is 12.4. The maximum Gasteiger partial charge on any atom is 0.309 e. The number of rotatable bonds is 3. The first kappa shape index (κ1) is 11.6. The predicted octanol–water partition coefficient (Wildman–Crippen LogP) is 1.88. The van der Waals surface area contributed by atoms with Gasteiger partial charge in [0.1, 0.15) is 5.69 Å². The number of halogens is 3. The number of carboxylic acids is 1. The summed E-state index contributed by atoms with van der Waals surface area (Å²) in [6, 6.07) is 1.17. The summed E-state index contributed by atoms with van der Waals surface area (Å²) in [7, 11) is 0. The van der Waals surface area contributed by atoms with Crippen molar-refractivity contribution in [1.82, 2.24) is 4.98 Å². The van der Waals surface area contributed by atoms with E-state index in [0.717, 1.165) is 0 Å². The zero-order chi connectivity index (χ0) is 11.6. The van der Waals surface area contributed by atoms with E-state index in [1.54, 1.807) is 0 Å². The average molecular weight is 237 g/mol. The highest BCUT2D eigenvalue weighted by molar-refractivity contribution is 6.33. The Hall–Kier alpha value is -1.43. The van der Waals surface area contributed by atoms with E-state index in [4.69, 9.17) is 22.4 Å². The fourth-order valence-corrected chi connectivity index (χ4v) is 1.20. The molecule has 1 aromatic heterocycles. The number of carbonyl (C=O) groups is 1. The molecule has 0 unspecified atom stereocenters. The topological polar surface area (TPSA) is 76.2 Å². The van der Waals surface area contributed by atoms with E-state index >= 15 is 0 Å². The molecular formula is C8H7ClF2N2O2. The number of nitrogen functional groups attached to an aromatic ring is 1. The Balaban J connectivity index is 3.17. The minimum absolute atomic E-state index is 0.0419. The molecule has 7 heteroatoms. The van der Waals surface area contributed by atoms with Gasteiger partial charge in [-0.3, -0.25) is 4.79 Å². The number of nitrogens with two attached hydrogens (primary N) is 1. The molecule has 0 spiro atoms. The van der Waals surface area contributed by atoms with Gasteiger partial charge in [-0.05, 0) is 6.07 Å². The van der Waals surface area contributed by atoms with Gasteiger partial charge >= 0.3 is 5.97 Å². The lowest BCUT2D eigenvalue weighted by molar-refractivity contribution is -0.136. The van der Waals surface area contributed by atoms with Crippen LogP contribution in [0.1, 0.15) is 17.8 Å². The van der Waals surface area contributed by atoms with E-state index in [9.17, 15) is 13.6 Å². The molecule has 0 aliphatic heterocycles. The summed E-state index contributed by atoms with van der Waals surface area (Å²) in [4.78, 5) is 13.8. The fourth-order valence-electron chi connectivity index (χ4n) is 1.02. The molecule has 0 saturated carbocycles. The van der Waals surface area contributed by atoms with Gasteiger partial charge in [0.2, 0.25) is 0 Å². The second-order valence-electron chi connectivity index (χ2n) is 2.77. The predicted molar refractivity (Wildman–Crippen MR) is 50.0 cm³/mol. The third kappa shape index (κ3) is 2.76. The Kier molecular flexibility index (Phi) is 3.41. The van der Waals surface area contributed by atoms with Crippen LogP contribution in [-0.4, -0.2) is 16.1 Å². The molecule has 0 saturated heterocycles. The summed E-state index contributed by atoms with van der Waals surface area (Å²) in [5.74, 6) is -1.18. The van der Waals surface area contributed by atoms with Crippen molar-refractivity contribution >= 4 is 23.3 Å². The quantitative estimate of drug-likeness (QED) is 0.840. The lowest BCUT2D eigenvalue weighted by Gasteiger charge is -2.07. The van der Waals surface area contributed by atoms with Gasteiger partial charge in [0.05, 0.1) is 22.8 Å². The summed E-state index contributed by atoms with van der Waals surface area (Å²) in [5.41, 5.74) is 4.51. The SMILES string of the molecule is Nc1cc(CC(=O)O)nc(C(F)F)c1Cl. The minimum atomic E-state index is -2.88. The lowest BCUT2D eigenvalue weighted by Crippen LogP contribution is -2.06. The summed E-state index contributed by atoms with van der Waals surface area (Å²) in [5, 5.41) is 8.12. The minimum Gasteiger partial charge on any atom is -0.481 e. The van der Waals surface area contributed by atoms with Crippen LogP contribution in [0.5, 0.6) is 0 Å². The van der Waals surface area contributed by atoms with Crippen LogP contribution in [0.25, 0.3) is 0 Å². The van der Waals surface area contributed by atoms with Crippen LogP contribution in [-0.2, 0) is 11.2 Å². The number of hydrogen-bond acceptors (Lipinski definition) is 3. The number of aliphatic carboxylic acids is 1. The molecule has 0 amide bonds. The zero-order valence-electron chi connectivity index (χ0n) is 7.38. The van der Waals surface area contributed by atoms with Gasteiger partial charge in [-0.2, -0.15) is 0 Å². The summed E-state index contributed by atoms with van der Waals surface area (Å²) in [6.07, 6.45) is -3.35. The summed E-state index contributed by atoms with van der Waals surface area (Å²) >= 11 is 5.48. The van der Waals surface area contributed by atoms with Gasteiger partial charge in [0.15, 0.2) is 0 Å². The van der Waals surface area contributed by atoms with E-state index in [1.165, 1.54) is 6.07 Å². The van der Waals surface area contributed by atoms with Crippen LogP contribution in [0, 0.1) is 0 Å². The van der Waals surface area contributed by atoms with Crippen molar-refractivity contribution < 1.29 is 18.7 Å². The molecule has 1 aromatic rings. The normalized spacial score (nSPS) is 10.7. The largest absolute Gasteiger partial charge is 0.481 e. The van der Waals surface area contributed by atoms with Crippen molar-refractivity contribution in [3.63, 3.8) is 0 Å². The molecule has 1 rings (SSSR count). The molecular weight excluding hydrogens is 230 g/mol. The van der Waals surface area contributed by atoms with E-state index in [1.807, 2.05) is 0 Å². The third-order valence-corrected chi connectivity index (χ3v) is 2.02. The number of carboxylic acid groups (broad SMARTS) is 1. The van der Waals surface area contributed by atoms with Crippen LogP contribution in [0.15, 0.2) is 6.07 Å². The van der Waals surface area contributed by atoms with Gasteiger partial charge in [-0.15, -0.1) is 0 Å². The fraction of sp³-hybridized carbons (Fsp3) is 0.250. The number of hydrogen-bond donors (Lipinski definition) is 2. The molecule has 1 heterocycles. The molecule has 0 bridgehead atoms. The third-order valence-electron chi connectivity index (χ3n) is 1.60. The van der Waals surface area contributed by atoms with Crippen molar-refractivity contribution in [2.75, 3.05) is 5.73 Å². The number of alkyl halides is 2. The van der Waals surface area contributed by atoms with Crippen LogP contribution in [0.3, 0.4) is 0 Å². The molecule has 0 aromatic carbocycles. The molecule has 4 nitrogen and oxygen atoms in total. The van der Waals surface area contributed by atoms with E-state index in [0.29, 0.717) is 0 Å². The molecule has 0 radical (unpaired) electrons. The number of anilines is 1. The van der Waals surface area contributed by atoms with Crippen LogP contribution in [0.2, 0.25) is 5.02 Å². The first-order chi connectivity index (χ1) is 6.91. The summed E-state index contributed by atoms with van der Waals surface area (Å²) < 4.78 is 24.8. The molecule has 0 aliphatic carbocycles. The first-order valence-electron chi connectivity index (χ1n) is 3.86. The van der Waals surface area contributed by atoms with Gasteiger partial charge in [0.25, 0.3) is 6.43 Å². The Morgan fingerprint density at radius 1 is 1.67 bits per heavy atom. The molecule has 0 fully saturated rings. The van der Waals surface area contributed by atoms with Gasteiger partial charge < -0.3 is 10.8 Å². The van der Waals surface area contributed by atoms with E-state index in [-0.39, 0.29) is 16.4 Å². The van der Waals surface area contributed by atoms with Crippen molar-refractivity contribution in [3.8, 4) is 0 Å². The van der Waals surface area contributed by atoms with Crippen LogP contribution in [0.4, 0.5) is 14.5 Å². The Morgan fingerprint density at radius 3 is 2.73 bits per heavy atom. The summed E-state index contributed by atoms with van der Waals surface area (Å²) in [6.45, 7) is 0. The average Bonchev–Trinajstić information content (AvgIpc) is 2.09. The Morgan fingerprint density at radius 2 is 2.27 bits per heavy atom. The van der Waals surface area contributed by atoms with Crippen LogP contribution >= 0.6 is 11.6 Å². The molecule has 3 N–H and O–H groups in total. The van der Waals surface area contributed by atoms with Gasteiger partial charge in [-0.1, -0.05) is 11.6 Å². The highest BCUT2D eigenvalue weighted by atomic mass is 35.5. The monoisotopic (exact) mass is 236 g/mol. The molecule has 82 valence electrons. The molecule has 15 heavy (non-hydrogen) atoms. The maximum absolute atomic E-state index is 12.4. The van der Waals surface area contributed by atoms with Crippen molar-refractivity contribution in [3.05, 3.63) is 22.5 Å². The van der Waals surface area contributed by atoms with E-state index < -0.39 is 24.5 Å². The Labute approximate surface area is 88.7 Å². The van der Waals surface area contributed by atoms with Gasteiger partial charge in [0, 0.05) is 0 Å². The van der Waals surface area contributed by atoms with Crippen molar-refractivity contribution in [1.29, 1.82) is 0 Å². The second kappa shape index (κ2) is 4.39.